The van der Waals surface area contributed by atoms with E-state index < -0.39 is 0 Å². The lowest BCUT2D eigenvalue weighted by molar-refractivity contribution is -0.117. The van der Waals surface area contributed by atoms with Crippen molar-refractivity contribution in [1.82, 2.24) is 0 Å². The van der Waals surface area contributed by atoms with Crippen molar-refractivity contribution in [2.45, 2.75) is 58.8 Å². The highest BCUT2D eigenvalue weighted by Gasteiger charge is 2.55. The van der Waals surface area contributed by atoms with E-state index in [0.29, 0.717) is 11.3 Å². The summed E-state index contributed by atoms with van der Waals surface area (Å²) in [6, 6.07) is 0. The predicted octanol–water partition coefficient (Wildman–Crippen LogP) is 4.64. The molecule has 3 aliphatic rings. The summed E-state index contributed by atoms with van der Waals surface area (Å²) in [5.74, 6) is 3.02. The largest absolute Gasteiger partial charge is 0.385 e. The van der Waals surface area contributed by atoms with Crippen molar-refractivity contribution in [3.05, 3.63) is 12.2 Å². The second-order valence-electron chi connectivity index (χ2n) is 8.48. The Morgan fingerprint density at radius 3 is 2.77 bits per heavy atom. The molecule has 0 aromatic heterocycles. The van der Waals surface area contributed by atoms with Gasteiger partial charge in [-0.3, -0.25) is 0 Å². The zero-order valence-corrected chi connectivity index (χ0v) is 14.5. The molecule has 0 heterocycles. The first kappa shape index (κ1) is 16.2. The van der Waals surface area contributed by atoms with Crippen LogP contribution in [0.25, 0.3) is 0 Å². The molecule has 0 spiro atoms. The fourth-order valence-electron chi connectivity index (χ4n) is 6.23. The molecule has 6 unspecified atom stereocenters. The number of allylic oxidation sites excluding steroid dienone is 2. The molecular formula is C20H32O2. The first-order chi connectivity index (χ1) is 10.5. The Kier molecular flexibility index (Phi) is 4.51. The lowest BCUT2D eigenvalue weighted by Gasteiger charge is -2.58. The molecule has 0 saturated heterocycles. The Morgan fingerprint density at radius 2 is 2.05 bits per heavy atom. The zero-order valence-electron chi connectivity index (χ0n) is 14.5. The molecule has 6 atom stereocenters. The van der Waals surface area contributed by atoms with Crippen LogP contribution >= 0.6 is 0 Å². The molecule has 0 aromatic carbocycles. The molecule has 0 aliphatic heterocycles. The summed E-state index contributed by atoms with van der Waals surface area (Å²) in [5, 5.41) is 0. The van der Waals surface area contributed by atoms with E-state index >= 15 is 0 Å². The Morgan fingerprint density at radius 1 is 1.23 bits per heavy atom. The van der Waals surface area contributed by atoms with Gasteiger partial charge < -0.3 is 9.53 Å². The van der Waals surface area contributed by atoms with Crippen molar-refractivity contribution in [2.24, 2.45) is 34.5 Å². The third-order valence-electron chi connectivity index (χ3n) is 7.62. The monoisotopic (exact) mass is 304 g/mol. The molecule has 22 heavy (non-hydrogen) atoms. The van der Waals surface area contributed by atoms with E-state index in [2.05, 4.69) is 26.0 Å². The van der Waals surface area contributed by atoms with E-state index in [1.807, 2.05) is 0 Å². The molecule has 2 fully saturated rings. The van der Waals surface area contributed by atoms with E-state index in [-0.39, 0.29) is 5.41 Å². The van der Waals surface area contributed by atoms with Crippen molar-refractivity contribution >= 4 is 6.29 Å². The van der Waals surface area contributed by atoms with Crippen LogP contribution in [-0.4, -0.2) is 20.0 Å². The standard InChI is InChI=1S/C20H32O2/c1-19-10-4-5-17(19)16-7-6-15(9-13-21)20(2,12-14-22-3)18(16)8-11-19/h4,10,13,15-18H,5-9,11-12,14H2,1-3H3. The van der Waals surface area contributed by atoms with Crippen molar-refractivity contribution in [3.8, 4) is 0 Å². The van der Waals surface area contributed by atoms with Gasteiger partial charge >= 0.3 is 0 Å². The third kappa shape index (κ3) is 2.48. The maximum absolute atomic E-state index is 11.2. The van der Waals surface area contributed by atoms with Crippen LogP contribution < -0.4 is 0 Å². The summed E-state index contributed by atoms with van der Waals surface area (Å²) in [5.41, 5.74) is 0.727. The third-order valence-corrected chi connectivity index (χ3v) is 7.62. The minimum Gasteiger partial charge on any atom is -0.385 e. The minimum atomic E-state index is 0.282. The van der Waals surface area contributed by atoms with Crippen LogP contribution in [0.3, 0.4) is 0 Å². The number of hydrogen-bond donors (Lipinski definition) is 0. The van der Waals surface area contributed by atoms with Gasteiger partial charge in [0.05, 0.1) is 0 Å². The minimum absolute atomic E-state index is 0.282. The second-order valence-corrected chi connectivity index (χ2v) is 8.48. The van der Waals surface area contributed by atoms with Gasteiger partial charge in [-0.2, -0.15) is 0 Å². The smallest absolute Gasteiger partial charge is 0.120 e. The fraction of sp³-hybridized carbons (Fsp3) is 0.850. The van der Waals surface area contributed by atoms with Crippen LogP contribution in [0.4, 0.5) is 0 Å². The van der Waals surface area contributed by atoms with Gasteiger partial charge in [-0.05, 0) is 73.0 Å². The number of carbonyl (C=O) groups excluding carboxylic acids is 1. The Balaban J connectivity index is 1.86. The van der Waals surface area contributed by atoms with Gasteiger partial charge in [0.25, 0.3) is 0 Å². The topological polar surface area (TPSA) is 26.3 Å². The van der Waals surface area contributed by atoms with E-state index in [0.717, 1.165) is 43.5 Å². The van der Waals surface area contributed by atoms with Crippen LogP contribution in [0, 0.1) is 34.5 Å². The molecule has 3 aliphatic carbocycles. The highest BCUT2D eigenvalue weighted by molar-refractivity contribution is 5.50. The molecule has 0 aromatic rings. The van der Waals surface area contributed by atoms with Crippen LogP contribution in [0.1, 0.15) is 58.8 Å². The van der Waals surface area contributed by atoms with Crippen molar-refractivity contribution in [1.29, 1.82) is 0 Å². The van der Waals surface area contributed by atoms with Gasteiger partial charge in [0, 0.05) is 20.1 Å². The van der Waals surface area contributed by atoms with E-state index in [4.69, 9.17) is 4.74 Å². The van der Waals surface area contributed by atoms with Crippen LogP contribution in [0.5, 0.6) is 0 Å². The number of ether oxygens (including phenoxy) is 1. The molecule has 2 nitrogen and oxygen atoms in total. The van der Waals surface area contributed by atoms with Gasteiger partial charge in [-0.15, -0.1) is 0 Å². The SMILES string of the molecule is COCCC1(C)C(CC=O)CCC2C3CC=CC3(C)CCC21. The molecular weight excluding hydrogens is 272 g/mol. The Hall–Kier alpha value is -0.630. The number of hydrogen-bond acceptors (Lipinski definition) is 2. The van der Waals surface area contributed by atoms with Crippen LogP contribution in [0.2, 0.25) is 0 Å². The molecule has 0 N–H and O–H groups in total. The number of fused-ring (bicyclic) bond motifs is 3. The molecule has 0 amide bonds. The average Bonchev–Trinajstić information content (AvgIpc) is 2.90. The van der Waals surface area contributed by atoms with Crippen molar-refractivity contribution in [3.63, 3.8) is 0 Å². The molecule has 3 rings (SSSR count). The quantitative estimate of drug-likeness (QED) is 0.546. The molecule has 0 radical (unpaired) electrons. The summed E-state index contributed by atoms with van der Waals surface area (Å²) < 4.78 is 5.42. The van der Waals surface area contributed by atoms with Crippen LogP contribution in [-0.2, 0) is 9.53 Å². The van der Waals surface area contributed by atoms with Gasteiger partial charge in [-0.1, -0.05) is 26.0 Å². The van der Waals surface area contributed by atoms with Gasteiger partial charge in [0.15, 0.2) is 0 Å². The zero-order chi connectivity index (χ0) is 15.8. The lowest BCUT2D eigenvalue weighted by Crippen LogP contribution is -2.51. The van der Waals surface area contributed by atoms with Gasteiger partial charge in [0.2, 0.25) is 0 Å². The predicted molar refractivity (Wildman–Crippen MR) is 89.6 cm³/mol. The highest BCUT2D eigenvalue weighted by Crippen LogP contribution is 2.63. The first-order valence-electron chi connectivity index (χ1n) is 9.15. The number of methoxy groups -OCH3 is 1. The molecule has 2 heteroatoms. The summed E-state index contributed by atoms with van der Waals surface area (Å²) >= 11 is 0. The average molecular weight is 304 g/mol. The normalized spacial score (nSPS) is 47.0. The van der Waals surface area contributed by atoms with Gasteiger partial charge in [-0.25, -0.2) is 0 Å². The maximum Gasteiger partial charge on any atom is 0.120 e. The number of rotatable bonds is 5. The first-order valence-corrected chi connectivity index (χ1v) is 9.15. The molecule has 0 bridgehead atoms. The second kappa shape index (κ2) is 6.11. The lowest BCUT2D eigenvalue weighted by atomic mass is 9.47. The number of carbonyl (C=O) groups is 1. The van der Waals surface area contributed by atoms with Gasteiger partial charge in [0.1, 0.15) is 6.29 Å². The highest BCUT2D eigenvalue weighted by atomic mass is 16.5. The van der Waals surface area contributed by atoms with E-state index in [9.17, 15) is 4.79 Å². The van der Waals surface area contributed by atoms with E-state index in [1.165, 1.54) is 32.1 Å². The summed E-state index contributed by atoms with van der Waals surface area (Å²) in [4.78, 5) is 11.2. The summed E-state index contributed by atoms with van der Waals surface area (Å²) in [6.45, 7) is 5.76. The Labute approximate surface area is 135 Å². The van der Waals surface area contributed by atoms with Crippen molar-refractivity contribution in [2.75, 3.05) is 13.7 Å². The van der Waals surface area contributed by atoms with Crippen molar-refractivity contribution < 1.29 is 9.53 Å². The maximum atomic E-state index is 11.2. The Bertz CT molecular complexity index is 443. The molecule has 124 valence electrons. The number of aldehydes is 1. The fourth-order valence-corrected chi connectivity index (χ4v) is 6.23. The summed E-state index contributed by atoms with van der Waals surface area (Å²) in [6.07, 6.45) is 14.4. The van der Waals surface area contributed by atoms with Crippen LogP contribution in [0.15, 0.2) is 12.2 Å². The van der Waals surface area contributed by atoms with E-state index in [1.54, 1.807) is 7.11 Å². The molecule has 2 saturated carbocycles. The summed E-state index contributed by atoms with van der Waals surface area (Å²) in [7, 11) is 1.80.